The molecule has 0 aliphatic heterocycles. The van der Waals surface area contributed by atoms with Crippen molar-refractivity contribution in [2.24, 2.45) is 0 Å². The zero-order valence-corrected chi connectivity index (χ0v) is 13.4. The number of oxazole rings is 1. The minimum atomic E-state index is -3.93. The van der Waals surface area contributed by atoms with Gasteiger partial charge in [0, 0.05) is 11.1 Å². The lowest BCUT2D eigenvalue weighted by molar-refractivity contribution is 0.403. The van der Waals surface area contributed by atoms with Crippen LogP contribution in [0.25, 0.3) is 11.1 Å². The number of fused-ring (bicyclic) bond motifs is 1. The van der Waals surface area contributed by atoms with E-state index in [0.717, 1.165) is 0 Å². The predicted molar refractivity (Wildman–Crippen MR) is 85.6 cm³/mol. The highest BCUT2D eigenvalue weighted by Crippen LogP contribution is 2.29. The lowest BCUT2D eigenvalue weighted by Gasteiger charge is -2.11. The van der Waals surface area contributed by atoms with Crippen LogP contribution in [0.1, 0.15) is 0 Å². The highest BCUT2D eigenvalue weighted by molar-refractivity contribution is 7.92. The smallest absolute Gasteiger partial charge is 0.417 e. The number of hydrogen-bond donors (Lipinski definition) is 2. The summed E-state index contributed by atoms with van der Waals surface area (Å²) < 4.78 is 37.4. The van der Waals surface area contributed by atoms with Crippen LogP contribution in [-0.2, 0) is 10.0 Å². The summed E-state index contributed by atoms with van der Waals surface area (Å²) in [5, 5.41) is 0.262. The second kappa shape index (κ2) is 5.64. The Morgan fingerprint density at radius 3 is 2.74 bits per heavy atom. The summed E-state index contributed by atoms with van der Waals surface area (Å²) in [7, 11) is -2.57. The van der Waals surface area contributed by atoms with Gasteiger partial charge < -0.3 is 9.15 Å². The normalized spacial score (nSPS) is 11.6. The number of methoxy groups -OCH3 is 1. The minimum Gasteiger partial charge on any atom is -0.495 e. The van der Waals surface area contributed by atoms with Gasteiger partial charge in [-0.05, 0) is 30.3 Å². The van der Waals surface area contributed by atoms with E-state index in [0.29, 0.717) is 5.52 Å². The monoisotopic (exact) mass is 354 g/mol. The predicted octanol–water partition coefficient (Wildman–Crippen LogP) is 2.58. The first-order valence-electron chi connectivity index (χ1n) is 6.38. The maximum Gasteiger partial charge on any atom is 0.417 e. The van der Waals surface area contributed by atoms with Crippen LogP contribution in [0.5, 0.6) is 5.75 Å². The van der Waals surface area contributed by atoms with Crippen molar-refractivity contribution >= 4 is 38.4 Å². The number of rotatable bonds is 4. The fourth-order valence-electron chi connectivity index (χ4n) is 2.08. The molecule has 0 atom stereocenters. The Balaban J connectivity index is 2.02. The molecule has 0 saturated heterocycles. The van der Waals surface area contributed by atoms with Gasteiger partial charge >= 0.3 is 5.76 Å². The van der Waals surface area contributed by atoms with E-state index in [2.05, 4.69) is 9.71 Å². The van der Waals surface area contributed by atoms with Crippen molar-refractivity contribution in [3.63, 3.8) is 0 Å². The molecule has 3 aromatic rings. The van der Waals surface area contributed by atoms with Crippen molar-refractivity contribution in [3.05, 3.63) is 52.0 Å². The third-order valence-corrected chi connectivity index (χ3v) is 4.73. The number of hydrogen-bond acceptors (Lipinski definition) is 5. The summed E-state index contributed by atoms with van der Waals surface area (Å²) in [6.45, 7) is 0. The standard InChI is InChI=1S/C14H11ClN2O5S/c1-21-11-5-2-8(15)6-13(11)23(19,20)17-9-3-4-10-12(7-9)22-14(18)16-10/h2-7,17H,1H3,(H,16,18). The van der Waals surface area contributed by atoms with Crippen LogP contribution in [0.3, 0.4) is 0 Å². The van der Waals surface area contributed by atoms with Crippen molar-refractivity contribution < 1.29 is 17.6 Å². The van der Waals surface area contributed by atoms with E-state index in [1.54, 1.807) is 0 Å². The summed E-state index contributed by atoms with van der Waals surface area (Å²) in [5.41, 5.74) is 0.953. The Kier molecular flexibility index (Phi) is 3.78. The van der Waals surface area contributed by atoms with Gasteiger partial charge in [0.2, 0.25) is 0 Å². The van der Waals surface area contributed by atoms with Gasteiger partial charge in [0.05, 0.1) is 18.3 Å². The number of benzene rings is 2. The average molecular weight is 355 g/mol. The summed E-state index contributed by atoms with van der Waals surface area (Å²) in [6, 6.07) is 8.72. The molecule has 0 spiro atoms. The molecule has 0 bridgehead atoms. The van der Waals surface area contributed by atoms with E-state index in [-0.39, 0.29) is 26.9 Å². The first-order chi connectivity index (χ1) is 10.9. The van der Waals surface area contributed by atoms with Gasteiger partial charge in [-0.3, -0.25) is 9.71 Å². The lowest BCUT2D eigenvalue weighted by atomic mass is 10.3. The fourth-order valence-corrected chi connectivity index (χ4v) is 3.56. The van der Waals surface area contributed by atoms with Crippen LogP contribution in [0, 0.1) is 0 Å². The molecule has 0 radical (unpaired) electrons. The number of sulfonamides is 1. The van der Waals surface area contributed by atoms with Crippen molar-refractivity contribution in [1.82, 2.24) is 4.98 Å². The van der Waals surface area contributed by atoms with Crippen LogP contribution in [0.15, 0.2) is 50.5 Å². The first-order valence-corrected chi connectivity index (χ1v) is 8.24. The Hall–Kier alpha value is -2.45. The molecular weight excluding hydrogens is 344 g/mol. The highest BCUT2D eigenvalue weighted by atomic mass is 35.5. The van der Waals surface area contributed by atoms with E-state index in [9.17, 15) is 13.2 Å². The van der Waals surface area contributed by atoms with Crippen molar-refractivity contribution in [1.29, 1.82) is 0 Å². The SMILES string of the molecule is COc1ccc(Cl)cc1S(=O)(=O)Nc1ccc2[nH]c(=O)oc2c1. The molecule has 23 heavy (non-hydrogen) atoms. The molecular formula is C14H11ClN2O5S. The zero-order valence-electron chi connectivity index (χ0n) is 11.8. The molecule has 0 saturated carbocycles. The van der Waals surface area contributed by atoms with Gasteiger partial charge in [0.15, 0.2) is 5.58 Å². The Morgan fingerprint density at radius 2 is 2.00 bits per heavy atom. The first kappa shape index (κ1) is 15.4. The van der Waals surface area contributed by atoms with Crippen molar-refractivity contribution in [3.8, 4) is 5.75 Å². The third-order valence-electron chi connectivity index (χ3n) is 3.09. The van der Waals surface area contributed by atoms with Crippen LogP contribution < -0.4 is 15.2 Å². The Bertz CT molecular complexity index is 1040. The van der Waals surface area contributed by atoms with Gasteiger partial charge in [-0.25, -0.2) is 13.2 Å². The number of H-pyrrole nitrogens is 1. The maximum atomic E-state index is 12.5. The molecule has 0 fully saturated rings. The molecule has 0 aliphatic rings. The summed E-state index contributed by atoms with van der Waals surface area (Å²) in [6.07, 6.45) is 0. The van der Waals surface area contributed by atoms with Gasteiger partial charge in [0.25, 0.3) is 10.0 Å². The fraction of sp³-hybridized carbons (Fsp3) is 0.0714. The second-order valence-corrected chi connectivity index (χ2v) is 6.71. The topological polar surface area (TPSA) is 101 Å². The van der Waals surface area contributed by atoms with E-state index < -0.39 is 15.8 Å². The van der Waals surface area contributed by atoms with Crippen molar-refractivity contribution in [2.45, 2.75) is 4.90 Å². The van der Waals surface area contributed by atoms with Gasteiger partial charge in [-0.1, -0.05) is 11.6 Å². The molecule has 7 nitrogen and oxygen atoms in total. The van der Waals surface area contributed by atoms with E-state index >= 15 is 0 Å². The van der Waals surface area contributed by atoms with Crippen LogP contribution in [-0.4, -0.2) is 20.5 Å². The van der Waals surface area contributed by atoms with Gasteiger partial charge in [0.1, 0.15) is 10.6 Å². The summed E-state index contributed by atoms with van der Waals surface area (Å²) in [5.74, 6) is -0.451. The minimum absolute atomic E-state index is 0.0943. The van der Waals surface area contributed by atoms with Gasteiger partial charge in [-0.2, -0.15) is 0 Å². The number of ether oxygens (including phenoxy) is 1. The molecule has 1 heterocycles. The lowest BCUT2D eigenvalue weighted by Crippen LogP contribution is -2.14. The molecule has 2 N–H and O–H groups in total. The van der Waals surface area contributed by atoms with Gasteiger partial charge in [-0.15, -0.1) is 0 Å². The summed E-state index contributed by atoms with van der Waals surface area (Å²) in [4.78, 5) is 13.5. The van der Waals surface area contributed by atoms with E-state index in [4.69, 9.17) is 20.8 Å². The largest absolute Gasteiger partial charge is 0.495 e. The number of aromatic nitrogens is 1. The molecule has 3 rings (SSSR count). The van der Waals surface area contributed by atoms with Crippen LogP contribution in [0.2, 0.25) is 5.02 Å². The number of anilines is 1. The molecule has 2 aromatic carbocycles. The molecule has 1 aromatic heterocycles. The maximum absolute atomic E-state index is 12.5. The van der Waals surface area contributed by atoms with Crippen LogP contribution in [0.4, 0.5) is 5.69 Å². The van der Waals surface area contributed by atoms with Crippen molar-refractivity contribution in [2.75, 3.05) is 11.8 Å². The van der Waals surface area contributed by atoms with Crippen LogP contribution >= 0.6 is 11.6 Å². The quantitative estimate of drug-likeness (QED) is 0.749. The molecule has 120 valence electrons. The number of aromatic amines is 1. The third kappa shape index (κ3) is 3.03. The molecule has 0 amide bonds. The highest BCUT2D eigenvalue weighted by Gasteiger charge is 2.20. The number of nitrogens with one attached hydrogen (secondary N) is 2. The second-order valence-electron chi connectivity index (χ2n) is 4.63. The molecule has 0 unspecified atom stereocenters. The zero-order chi connectivity index (χ0) is 16.6. The van der Waals surface area contributed by atoms with E-state index in [1.807, 2.05) is 0 Å². The molecule has 0 aliphatic carbocycles. The summed E-state index contributed by atoms with van der Waals surface area (Å²) >= 11 is 5.86. The Morgan fingerprint density at radius 1 is 1.22 bits per heavy atom. The van der Waals surface area contributed by atoms with E-state index in [1.165, 1.54) is 43.5 Å². The average Bonchev–Trinajstić information content (AvgIpc) is 2.86. The molecule has 9 heteroatoms. The number of halogens is 1. The Labute approximate surface area is 135 Å².